The zero-order chi connectivity index (χ0) is 11.3. The van der Waals surface area contributed by atoms with E-state index < -0.39 is 0 Å². The van der Waals surface area contributed by atoms with E-state index in [0.717, 1.165) is 31.6 Å². The van der Waals surface area contributed by atoms with Gasteiger partial charge in [-0.2, -0.15) is 4.80 Å². The highest BCUT2D eigenvalue weighted by atomic mass is 15.6. The van der Waals surface area contributed by atoms with Crippen LogP contribution < -0.4 is 5.32 Å². The molecular weight excluding hydrogens is 190 g/mol. The molecular formula is C10H21N5. The van der Waals surface area contributed by atoms with Gasteiger partial charge in [-0.15, -0.1) is 10.2 Å². The van der Waals surface area contributed by atoms with Crippen molar-refractivity contribution in [1.29, 1.82) is 0 Å². The number of hydrogen-bond donors (Lipinski definition) is 1. The Morgan fingerprint density at radius 2 is 2.00 bits per heavy atom. The van der Waals surface area contributed by atoms with E-state index in [2.05, 4.69) is 34.6 Å². The molecule has 0 fully saturated rings. The van der Waals surface area contributed by atoms with Gasteiger partial charge in [0.2, 0.25) is 0 Å². The molecule has 0 unspecified atom stereocenters. The van der Waals surface area contributed by atoms with Crippen molar-refractivity contribution in [2.75, 3.05) is 13.6 Å². The molecule has 0 bridgehead atoms. The largest absolute Gasteiger partial charge is 0.319 e. The Hall–Kier alpha value is -0.970. The molecule has 5 heteroatoms. The molecule has 0 radical (unpaired) electrons. The minimum atomic E-state index is 0.262. The second-order valence-electron chi connectivity index (χ2n) is 4.11. The molecule has 1 rings (SSSR count). The Kier molecular flexibility index (Phi) is 4.20. The lowest BCUT2D eigenvalue weighted by Crippen LogP contribution is -2.34. The third-order valence-corrected chi connectivity index (χ3v) is 3.13. The standard InChI is InChI=1S/C10H21N5/c1-5-10(6-2,8-11-3)7-9-12-14-15(4)13-9/h11H,5-8H2,1-4H3. The molecule has 0 saturated heterocycles. The molecule has 0 atom stereocenters. The maximum absolute atomic E-state index is 4.24. The van der Waals surface area contributed by atoms with Gasteiger partial charge in [-0.05, 0) is 30.5 Å². The number of nitrogens with one attached hydrogen (secondary N) is 1. The van der Waals surface area contributed by atoms with Gasteiger partial charge in [-0.25, -0.2) is 0 Å². The predicted octanol–water partition coefficient (Wildman–Crippen LogP) is 0.778. The molecule has 5 nitrogen and oxygen atoms in total. The minimum absolute atomic E-state index is 0.262. The van der Waals surface area contributed by atoms with Crippen LogP contribution in [0.1, 0.15) is 32.5 Å². The van der Waals surface area contributed by atoms with Crippen molar-refractivity contribution < 1.29 is 0 Å². The van der Waals surface area contributed by atoms with Gasteiger partial charge in [0.15, 0.2) is 5.82 Å². The normalized spacial score (nSPS) is 12.0. The van der Waals surface area contributed by atoms with Gasteiger partial charge in [-0.3, -0.25) is 0 Å². The SMILES string of the molecule is CCC(CC)(CNC)Cc1nnn(C)n1. The monoisotopic (exact) mass is 211 g/mol. The van der Waals surface area contributed by atoms with Gasteiger partial charge < -0.3 is 5.32 Å². The van der Waals surface area contributed by atoms with Crippen LogP contribution in [0.15, 0.2) is 0 Å². The first-order chi connectivity index (χ1) is 7.15. The fourth-order valence-corrected chi connectivity index (χ4v) is 1.92. The lowest BCUT2D eigenvalue weighted by Gasteiger charge is -2.30. The molecule has 1 aromatic rings. The number of nitrogens with zero attached hydrogens (tertiary/aromatic N) is 4. The Morgan fingerprint density at radius 1 is 1.33 bits per heavy atom. The van der Waals surface area contributed by atoms with E-state index in [9.17, 15) is 0 Å². The average Bonchev–Trinajstić information content (AvgIpc) is 2.63. The molecule has 0 aliphatic carbocycles. The molecule has 0 aromatic carbocycles. The lowest BCUT2D eigenvalue weighted by atomic mass is 9.79. The van der Waals surface area contributed by atoms with E-state index in [4.69, 9.17) is 0 Å². The van der Waals surface area contributed by atoms with Crippen molar-refractivity contribution >= 4 is 0 Å². The fourth-order valence-electron chi connectivity index (χ4n) is 1.92. The summed E-state index contributed by atoms with van der Waals surface area (Å²) in [6, 6.07) is 0. The molecule has 86 valence electrons. The molecule has 0 aliphatic rings. The third kappa shape index (κ3) is 2.99. The van der Waals surface area contributed by atoms with E-state index >= 15 is 0 Å². The first-order valence-electron chi connectivity index (χ1n) is 5.53. The van der Waals surface area contributed by atoms with Crippen LogP contribution in [-0.2, 0) is 13.5 Å². The van der Waals surface area contributed by atoms with E-state index in [1.807, 2.05) is 7.05 Å². The number of hydrogen-bond acceptors (Lipinski definition) is 4. The number of aryl methyl sites for hydroxylation is 1. The molecule has 1 aromatic heterocycles. The van der Waals surface area contributed by atoms with E-state index in [0.29, 0.717) is 0 Å². The first kappa shape index (κ1) is 12.1. The zero-order valence-electron chi connectivity index (χ0n) is 10.1. The van der Waals surface area contributed by atoms with Gasteiger partial charge in [0, 0.05) is 13.0 Å². The Morgan fingerprint density at radius 3 is 2.40 bits per heavy atom. The summed E-state index contributed by atoms with van der Waals surface area (Å²) in [4.78, 5) is 1.52. The third-order valence-electron chi connectivity index (χ3n) is 3.13. The highest BCUT2D eigenvalue weighted by Crippen LogP contribution is 2.28. The summed E-state index contributed by atoms with van der Waals surface area (Å²) in [6.07, 6.45) is 3.15. The maximum atomic E-state index is 4.24. The Balaban J connectivity index is 2.73. The highest BCUT2D eigenvalue weighted by molar-refractivity contribution is 4.90. The van der Waals surface area contributed by atoms with Gasteiger partial charge in [0.25, 0.3) is 0 Å². The summed E-state index contributed by atoms with van der Waals surface area (Å²) in [6.45, 7) is 5.44. The van der Waals surface area contributed by atoms with E-state index in [-0.39, 0.29) is 5.41 Å². The van der Waals surface area contributed by atoms with Gasteiger partial charge in [0.05, 0.1) is 7.05 Å². The van der Waals surface area contributed by atoms with Crippen molar-refractivity contribution in [3.63, 3.8) is 0 Å². The van der Waals surface area contributed by atoms with Gasteiger partial charge in [-0.1, -0.05) is 13.8 Å². The highest BCUT2D eigenvalue weighted by Gasteiger charge is 2.27. The average molecular weight is 211 g/mol. The quantitative estimate of drug-likeness (QED) is 0.755. The molecule has 0 saturated carbocycles. The smallest absolute Gasteiger partial charge is 0.175 e. The van der Waals surface area contributed by atoms with Crippen molar-refractivity contribution in [3.8, 4) is 0 Å². The Labute approximate surface area is 91.2 Å². The first-order valence-corrected chi connectivity index (χ1v) is 5.53. The maximum Gasteiger partial charge on any atom is 0.175 e. The topological polar surface area (TPSA) is 55.6 Å². The summed E-state index contributed by atoms with van der Waals surface area (Å²) >= 11 is 0. The van der Waals surface area contributed by atoms with Crippen LogP contribution >= 0.6 is 0 Å². The molecule has 0 spiro atoms. The molecule has 0 aliphatic heterocycles. The van der Waals surface area contributed by atoms with Crippen molar-refractivity contribution in [2.45, 2.75) is 33.1 Å². The summed E-state index contributed by atoms with van der Waals surface area (Å²) in [5.41, 5.74) is 0.262. The summed E-state index contributed by atoms with van der Waals surface area (Å²) < 4.78 is 0. The second kappa shape index (κ2) is 5.21. The van der Waals surface area contributed by atoms with Crippen LogP contribution in [-0.4, -0.2) is 33.8 Å². The molecule has 1 N–H and O–H groups in total. The van der Waals surface area contributed by atoms with Crippen LogP contribution in [0.4, 0.5) is 0 Å². The van der Waals surface area contributed by atoms with Crippen molar-refractivity contribution in [2.24, 2.45) is 12.5 Å². The summed E-state index contributed by atoms with van der Waals surface area (Å²) in [7, 11) is 3.79. The summed E-state index contributed by atoms with van der Waals surface area (Å²) in [5.74, 6) is 0.844. The minimum Gasteiger partial charge on any atom is -0.319 e. The molecule has 0 amide bonds. The molecule has 1 heterocycles. The van der Waals surface area contributed by atoms with Crippen LogP contribution in [0.3, 0.4) is 0 Å². The fraction of sp³-hybridized carbons (Fsp3) is 0.900. The van der Waals surface area contributed by atoms with Crippen molar-refractivity contribution in [1.82, 2.24) is 25.5 Å². The van der Waals surface area contributed by atoms with Crippen LogP contribution in [0, 0.1) is 5.41 Å². The predicted molar refractivity (Wildman–Crippen MR) is 59.4 cm³/mol. The van der Waals surface area contributed by atoms with Crippen molar-refractivity contribution in [3.05, 3.63) is 5.82 Å². The second-order valence-corrected chi connectivity index (χ2v) is 4.11. The van der Waals surface area contributed by atoms with Gasteiger partial charge in [0.1, 0.15) is 0 Å². The van der Waals surface area contributed by atoms with E-state index in [1.165, 1.54) is 4.80 Å². The Bertz CT molecular complexity index is 290. The lowest BCUT2D eigenvalue weighted by molar-refractivity contribution is 0.247. The van der Waals surface area contributed by atoms with Gasteiger partial charge >= 0.3 is 0 Å². The zero-order valence-corrected chi connectivity index (χ0v) is 10.1. The van der Waals surface area contributed by atoms with Crippen LogP contribution in [0.2, 0.25) is 0 Å². The van der Waals surface area contributed by atoms with E-state index in [1.54, 1.807) is 7.05 Å². The summed E-state index contributed by atoms with van der Waals surface area (Å²) in [5, 5.41) is 15.4. The number of tetrazole rings is 1. The number of aromatic nitrogens is 4. The molecule has 15 heavy (non-hydrogen) atoms. The van der Waals surface area contributed by atoms with Crippen LogP contribution in [0.25, 0.3) is 0 Å². The van der Waals surface area contributed by atoms with Crippen LogP contribution in [0.5, 0.6) is 0 Å². The number of rotatable bonds is 6.